The van der Waals surface area contributed by atoms with Crippen LogP contribution in [0.1, 0.15) is 13.8 Å². The summed E-state index contributed by atoms with van der Waals surface area (Å²) < 4.78 is 5.33. The van der Waals surface area contributed by atoms with Crippen molar-refractivity contribution in [2.75, 3.05) is 33.1 Å². The molecule has 0 fully saturated rings. The normalized spacial score (nSPS) is 12.7. The summed E-state index contributed by atoms with van der Waals surface area (Å²) in [6.45, 7) is 9.65. The lowest BCUT2D eigenvalue weighted by Gasteiger charge is -2.30. The van der Waals surface area contributed by atoms with Gasteiger partial charge in [0, 0.05) is 6.54 Å². The maximum absolute atomic E-state index is 9.33. The summed E-state index contributed by atoms with van der Waals surface area (Å²) in [6, 6.07) is 0. The van der Waals surface area contributed by atoms with Crippen LogP contribution in [0.5, 0.6) is 0 Å². The molecule has 3 nitrogen and oxygen atoms in total. The highest BCUT2D eigenvalue weighted by Crippen LogP contribution is 2.10. The SMILES string of the molecule is C=CCOCCN(C)C(C)(C)C#CC(O)=[SH]C. The molecule has 0 radical (unpaired) electrons. The zero-order chi connectivity index (χ0) is 13.3. The van der Waals surface area contributed by atoms with Crippen molar-refractivity contribution in [3.05, 3.63) is 12.7 Å². The first-order valence-electron chi connectivity index (χ1n) is 5.53. The molecule has 0 aromatic rings. The number of rotatable bonds is 6. The summed E-state index contributed by atoms with van der Waals surface area (Å²) >= 11 is 0.801. The average molecular weight is 257 g/mol. The van der Waals surface area contributed by atoms with Crippen molar-refractivity contribution in [2.24, 2.45) is 0 Å². The number of hydrogen-bond acceptors (Lipinski definition) is 2. The molecule has 0 rings (SSSR count). The van der Waals surface area contributed by atoms with Crippen molar-refractivity contribution < 1.29 is 9.84 Å². The van der Waals surface area contributed by atoms with Crippen LogP contribution in [0.3, 0.4) is 0 Å². The molecular formula is C13H23NO2S. The van der Waals surface area contributed by atoms with Gasteiger partial charge in [0.05, 0.1) is 18.8 Å². The second kappa shape index (κ2) is 8.48. The highest BCUT2D eigenvalue weighted by Gasteiger charge is 2.20. The first-order valence-corrected chi connectivity index (χ1v) is 6.87. The molecule has 0 atom stereocenters. The highest BCUT2D eigenvalue weighted by molar-refractivity contribution is 7.98. The minimum atomic E-state index is -0.282. The molecule has 0 aromatic carbocycles. The molecule has 17 heavy (non-hydrogen) atoms. The Bertz CT molecular complexity index is 326. The molecule has 0 spiro atoms. The molecule has 0 saturated heterocycles. The van der Waals surface area contributed by atoms with Crippen molar-refractivity contribution in [3.8, 4) is 11.8 Å². The fourth-order valence-electron chi connectivity index (χ4n) is 1.01. The topological polar surface area (TPSA) is 32.7 Å². The summed E-state index contributed by atoms with van der Waals surface area (Å²) in [4.78, 5) is 2.10. The third kappa shape index (κ3) is 7.35. The largest absolute Gasteiger partial charge is 0.376 e. The monoisotopic (exact) mass is 257 g/mol. The summed E-state index contributed by atoms with van der Waals surface area (Å²) in [5, 5.41) is 9.53. The highest BCUT2D eigenvalue weighted by atomic mass is 32.1. The molecule has 0 aliphatic heterocycles. The van der Waals surface area contributed by atoms with Crippen LogP contribution >= 0.6 is 11.4 Å². The Morgan fingerprint density at radius 3 is 2.76 bits per heavy atom. The van der Waals surface area contributed by atoms with Gasteiger partial charge in [0.1, 0.15) is 5.05 Å². The van der Waals surface area contributed by atoms with Crippen molar-refractivity contribution in [1.82, 2.24) is 4.90 Å². The van der Waals surface area contributed by atoms with Gasteiger partial charge in [-0.05, 0) is 33.1 Å². The second-order valence-corrected chi connectivity index (χ2v) is 5.01. The van der Waals surface area contributed by atoms with E-state index in [1.807, 2.05) is 27.2 Å². The molecule has 0 aliphatic carbocycles. The maximum Gasteiger partial charge on any atom is 0.145 e. The zero-order valence-corrected chi connectivity index (χ0v) is 12.1. The van der Waals surface area contributed by atoms with E-state index in [4.69, 9.17) is 4.74 Å². The van der Waals surface area contributed by atoms with Crippen LogP contribution in [0.25, 0.3) is 0 Å². The first-order chi connectivity index (χ1) is 7.94. The summed E-state index contributed by atoms with van der Waals surface area (Å²) in [5.74, 6) is 5.82. The molecule has 0 aliphatic rings. The van der Waals surface area contributed by atoms with E-state index in [1.165, 1.54) is 0 Å². The first kappa shape index (κ1) is 16.4. The zero-order valence-electron chi connectivity index (χ0n) is 11.2. The molecule has 0 aromatic heterocycles. The summed E-state index contributed by atoms with van der Waals surface area (Å²) in [7, 11) is 1.99. The standard InChI is InChI=1S/C13H23NO2S/c1-6-10-16-11-9-14(4)13(2,3)8-7-12(15)17-5/h6,15,17H,1,9-11H2,2-5H3. The molecule has 0 unspecified atom stereocenters. The van der Waals surface area contributed by atoms with E-state index >= 15 is 0 Å². The van der Waals surface area contributed by atoms with Crippen LogP contribution in [0.4, 0.5) is 0 Å². The van der Waals surface area contributed by atoms with Crippen LogP contribution in [-0.2, 0) is 4.74 Å². The van der Waals surface area contributed by atoms with Crippen LogP contribution in [0, 0.1) is 11.8 Å². The Kier molecular flexibility index (Phi) is 8.19. The third-order valence-corrected chi connectivity index (χ3v) is 2.99. The molecule has 0 saturated carbocycles. The molecule has 98 valence electrons. The molecule has 0 bridgehead atoms. The molecule has 0 amide bonds. The number of likely N-dealkylation sites (N-methyl/N-ethyl adjacent to an activating group) is 1. The van der Waals surface area contributed by atoms with E-state index in [9.17, 15) is 5.11 Å². The van der Waals surface area contributed by atoms with Gasteiger partial charge in [-0.2, -0.15) is 11.4 Å². The van der Waals surface area contributed by atoms with Gasteiger partial charge in [-0.1, -0.05) is 12.0 Å². The number of aliphatic hydroxyl groups is 1. The van der Waals surface area contributed by atoms with Gasteiger partial charge in [-0.15, -0.1) is 6.58 Å². The van der Waals surface area contributed by atoms with Gasteiger partial charge >= 0.3 is 0 Å². The lowest BCUT2D eigenvalue weighted by Crippen LogP contribution is -2.41. The Morgan fingerprint density at radius 2 is 2.24 bits per heavy atom. The maximum atomic E-state index is 9.33. The van der Waals surface area contributed by atoms with Crippen LogP contribution < -0.4 is 0 Å². The number of thiol groups is 1. The number of aliphatic hydroxyl groups excluding tert-OH is 1. The summed E-state index contributed by atoms with van der Waals surface area (Å²) in [6.07, 6.45) is 3.59. The molecule has 1 N–H and O–H groups in total. The van der Waals surface area contributed by atoms with E-state index in [2.05, 4.69) is 23.3 Å². The Balaban J connectivity index is 4.27. The Labute approximate surface area is 108 Å². The third-order valence-electron chi connectivity index (χ3n) is 2.45. The Morgan fingerprint density at radius 1 is 1.59 bits per heavy atom. The predicted molar refractivity (Wildman–Crippen MR) is 78.0 cm³/mol. The second-order valence-electron chi connectivity index (χ2n) is 4.14. The molecule has 0 heterocycles. The van der Waals surface area contributed by atoms with E-state index in [0.717, 1.165) is 17.9 Å². The lowest BCUT2D eigenvalue weighted by atomic mass is 10.0. The van der Waals surface area contributed by atoms with E-state index < -0.39 is 0 Å². The van der Waals surface area contributed by atoms with Gasteiger partial charge in [0.25, 0.3) is 0 Å². The van der Waals surface area contributed by atoms with Crippen molar-refractivity contribution in [1.29, 1.82) is 0 Å². The van der Waals surface area contributed by atoms with Gasteiger partial charge in [-0.3, -0.25) is 4.90 Å². The van der Waals surface area contributed by atoms with Gasteiger partial charge in [-0.25, -0.2) is 0 Å². The minimum Gasteiger partial charge on any atom is -0.376 e. The van der Waals surface area contributed by atoms with Crippen molar-refractivity contribution in [2.45, 2.75) is 19.4 Å². The molecule has 4 heteroatoms. The van der Waals surface area contributed by atoms with Gasteiger partial charge in [0.2, 0.25) is 0 Å². The van der Waals surface area contributed by atoms with Crippen LogP contribution in [-0.4, -0.2) is 53.7 Å². The van der Waals surface area contributed by atoms with Gasteiger partial charge < -0.3 is 9.84 Å². The smallest absolute Gasteiger partial charge is 0.145 e. The van der Waals surface area contributed by atoms with Crippen LogP contribution in [0.15, 0.2) is 12.7 Å². The van der Waals surface area contributed by atoms with Crippen LogP contribution in [0.2, 0.25) is 0 Å². The fourth-order valence-corrected chi connectivity index (χ4v) is 1.18. The fraction of sp³-hybridized carbons (Fsp3) is 0.615. The minimum absolute atomic E-state index is 0.203. The van der Waals surface area contributed by atoms with E-state index in [-0.39, 0.29) is 10.6 Å². The van der Waals surface area contributed by atoms with E-state index in [0.29, 0.717) is 13.2 Å². The van der Waals surface area contributed by atoms with Crippen molar-refractivity contribution in [3.63, 3.8) is 0 Å². The number of nitrogens with zero attached hydrogens (tertiary/aromatic N) is 1. The van der Waals surface area contributed by atoms with E-state index in [1.54, 1.807) is 6.08 Å². The quantitative estimate of drug-likeness (QED) is 0.250. The number of ether oxygens (including phenoxy) is 1. The van der Waals surface area contributed by atoms with Gasteiger partial charge in [0.15, 0.2) is 0 Å². The Hall–Kier alpha value is -0.600. The molecular weight excluding hydrogens is 234 g/mol. The average Bonchev–Trinajstić information content (AvgIpc) is 2.31. The summed E-state index contributed by atoms with van der Waals surface area (Å²) in [5.41, 5.74) is -0.282. The predicted octanol–water partition coefficient (Wildman–Crippen LogP) is 1.69. The number of hydrogen-bond donors (Lipinski definition) is 2. The van der Waals surface area contributed by atoms with Crippen molar-refractivity contribution >= 4 is 16.4 Å². The lowest BCUT2D eigenvalue weighted by molar-refractivity contribution is 0.108.